The van der Waals surface area contributed by atoms with Gasteiger partial charge in [-0.25, -0.2) is 0 Å². The van der Waals surface area contributed by atoms with Crippen molar-refractivity contribution in [1.29, 1.82) is 0 Å². The maximum Gasteiger partial charge on any atom is 0.0451 e. The van der Waals surface area contributed by atoms with E-state index in [0.29, 0.717) is 0 Å². The molecule has 3 aromatic carbocycles. The molecule has 0 aliphatic heterocycles. The Hall–Kier alpha value is -2.54. The van der Waals surface area contributed by atoms with Gasteiger partial charge in [0.2, 0.25) is 0 Å². The van der Waals surface area contributed by atoms with Gasteiger partial charge in [0.15, 0.2) is 0 Å². The molecule has 1 nitrogen and oxygen atoms in total. The normalized spacial score (nSPS) is 8.24. The molecule has 0 amide bonds. The van der Waals surface area contributed by atoms with Crippen LogP contribution in [-0.4, -0.2) is 13.1 Å². The predicted octanol–water partition coefficient (Wildman–Crippen LogP) is 11.0. The molecule has 3 rings (SSSR count). The van der Waals surface area contributed by atoms with E-state index < -0.39 is 0 Å². The molecule has 3 aromatic rings. The lowest BCUT2D eigenvalue weighted by Crippen LogP contribution is -2.22. The second-order valence-corrected chi connectivity index (χ2v) is 5.64. The lowest BCUT2D eigenvalue weighted by Gasteiger charge is -2.25. The van der Waals surface area contributed by atoms with E-state index in [1.54, 1.807) is 0 Å². The summed E-state index contributed by atoms with van der Waals surface area (Å²) in [6, 6.07) is 28.0. The van der Waals surface area contributed by atoms with E-state index in [0.717, 1.165) is 13.1 Å². The fourth-order valence-corrected chi connectivity index (χ4v) is 3.03. The fourth-order valence-electron chi connectivity index (χ4n) is 3.03. The van der Waals surface area contributed by atoms with Crippen LogP contribution in [0, 0.1) is 0 Å². The number of anilines is 1. The summed E-state index contributed by atoms with van der Waals surface area (Å²) in [6.45, 7) is 26.4. The zero-order valence-electron chi connectivity index (χ0n) is 23.9. The Morgan fingerprint density at radius 3 is 1.24 bits per heavy atom. The van der Waals surface area contributed by atoms with Crippen LogP contribution < -0.4 is 4.90 Å². The maximum absolute atomic E-state index is 2.43. The number of nitrogens with zero attached hydrogens (tertiary/aromatic N) is 1. The number of rotatable bonds is 5. The van der Waals surface area contributed by atoms with Crippen molar-refractivity contribution in [3.05, 3.63) is 78.9 Å². The van der Waals surface area contributed by atoms with Gasteiger partial charge in [0.05, 0.1) is 0 Å². The summed E-state index contributed by atoms with van der Waals surface area (Å²) in [4.78, 5) is 2.43. The summed E-state index contributed by atoms with van der Waals surface area (Å²) in [5, 5.41) is 0. The van der Waals surface area contributed by atoms with Crippen LogP contribution in [0.5, 0.6) is 0 Å². The molecule has 1 heteroatoms. The van der Waals surface area contributed by atoms with Crippen LogP contribution in [0.3, 0.4) is 0 Å². The highest BCUT2D eigenvalue weighted by Crippen LogP contribution is 2.34. The Morgan fingerprint density at radius 1 is 0.455 bits per heavy atom. The van der Waals surface area contributed by atoms with Gasteiger partial charge in [-0.15, -0.1) is 0 Å². The third-order valence-corrected chi connectivity index (χ3v) is 4.29. The molecule has 0 aliphatic rings. The van der Waals surface area contributed by atoms with Crippen molar-refractivity contribution in [3.63, 3.8) is 0 Å². The first-order valence-electron chi connectivity index (χ1n) is 13.3. The van der Waals surface area contributed by atoms with E-state index in [2.05, 4.69) is 97.6 Å². The van der Waals surface area contributed by atoms with Gasteiger partial charge in [0.1, 0.15) is 0 Å². The molecule has 0 aliphatic carbocycles. The van der Waals surface area contributed by atoms with Crippen molar-refractivity contribution in [2.75, 3.05) is 18.0 Å². The number of benzene rings is 3. The highest BCUT2D eigenvalue weighted by Gasteiger charge is 2.11. The Morgan fingerprint density at radius 2 is 0.848 bits per heavy atom. The first-order chi connectivity index (χ1) is 16.3. The van der Waals surface area contributed by atoms with Gasteiger partial charge < -0.3 is 4.90 Å². The summed E-state index contributed by atoms with van der Waals surface area (Å²) >= 11 is 0. The molecule has 0 saturated heterocycles. The maximum atomic E-state index is 2.43. The second kappa shape index (κ2) is 25.7. The van der Waals surface area contributed by atoms with Gasteiger partial charge in [-0.3, -0.25) is 0 Å². The first kappa shape index (κ1) is 35.1. The highest BCUT2D eigenvalue weighted by atomic mass is 15.1. The minimum absolute atomic E-state index is 1.01. The van der Waals surface area contributed by atoms with Crippen LogP contribution in [0.4, 0.5) is 5.69 Å². The van der Waals surface area contributed by atoms with Crippen LogP contribution >= 0.6 is 0 Å². The van der Waals surface area contributed by atoms with Gasteiger partial charge in [-0.2, -0.15) is 0 Å². The highest BCUT2D eigenvalue weighted by molar-refractivity contribution is 5.83. The average molecular weight is 452 g/mol. The van der Waals surface area contributed by atoms with E-state index in [1.807, 2.05) is 69.2 Å². The van der Waals surface area contributed by atoms with E-state index in [1.165, 1.54) is 27.9 Å². The molecule has 0 aromatic heterocycles. The Balaban J connectivity index is -0.000000798. The number of hydrogen-bond acceptors (Lipinski definition) is 1. The minimum Gasteiger partial charge on any atom is -0.372 e. The first-order valence-corrected chi connectivity index (χ1v) is 13.3. The van der Waals surface area contributed by atoms with Crippen LogP contribution in [0.1, 0.15) is 83.1 Å². The molecular weight excluding hydrogens is 398 g/mol. The van der Waals surface area contributed by atoms with Crippen LogP contribution in [-0.2, 0) is 0 Å². The lowest BCUT2D eigenvalue weighted by atomic mass is 9.97. The molecule has 33 heavy (non-hydrogen) atoms. The molecule has 0 fully saturated rings. The summed E-state index contributed by atoms with van der Waals surface area (Å²) in [6.07, 6.45) is 0. The standard InChI is InChI=1S/C22H23N.5C2H6/c1-3-23(4-2)22-17-20(18-11-7-5-8-12-18)15-16-21(22)19-13-9-6-10-14-19;5*1-2/h5-17H,3-4H2,1-2H3;5*1-2H3. The average Bonchev–Trinajstić information content (AvgIpc) is 2.96. The third kappa shape index (κ3) is 12.3. The molecule has 0 heterocycles. The van der Waals surface area contributed by atoms with Crippen LogP contribution in [0.2, 0.25) is 0 Å². The molecule has 0 saturated carbocycles. The predicted molar refractivity (Wildman–Crippen MR) is 158 cm³/mol. The zero-order chi connectivity index (χ0) is 26.1. The third-order valence-electron chi connectivity index (χ3n) is 4.29. The van der Waals surface area contributed by atoms with Crippen molar-refractivity contribution in [3.8, 4) is 22.3 Å². The van der Waals surface area contributed by atoms with Gasteiger partial charge in [-0.05, 0) is 36.6 Å². The molecule has 0 radical (unpaired) electrons. The Kier molecular flexibility index (Phi) is 27.3. The smallest absolute Gasteiger partial charge is 0.0451 e. The SMILES string of the molecule is CC.CC.CC.CC.CC.CCN(CC)c1cc(-c2ccccc2)ccc1-c1ccccc1. The number of hydrogen-bond donors (Lipinski definition) is 0. The molecule has 0 spiro atoms. The van der Waals surface area contributed by atoms with E-state index in [-0.39, 0.29) is 0 Å². The second-order valence-electron chi connectivity index (χ2n) is 5.64. The summed E-state index contributed by atoms with van der Waals surface area (Å²) in [5.74, 6) is 0. The Bertz CT molecular complexity index is 744. The largest absolute Gasteiger partial charge is 0.372 e. The van der Waals surface area contributed by atoms with Gasteiger partial charge in [-0.1, -0.05) is 142 Å². The summed E-state index contributed by atoms with van der Waals surface area (Å²) in [7, 11) is 0. The lowest BCUT2D eigenvalue weighted by molar-refractivity contribution is 0.867. The van der Waals surface area contributed by atoms with Gasteiger partial charge in [0, 0.05) is 24.3 Å². The summed E-state index contributed by atoms with van der Waals surface area (Å²) in [5.41, 5.74) is 6.42. The molecular formula is C32H53N. The molecule has 0 unspecified atom stereocenters. The van der Waals surface area contributed by atoms with Crippen molar-refractivity contribution >= 4 is 5.69 Å². The van der Waals surface area contributed by atoms with Gasteiger partial charge >= 0.3 is 0 Å². The quantitative estimate of drug-likeness (QED) is 0.373. The zero-order valence-corrected chi connectivity index (χ0v) is 23.9. The monoisotopic (exact) mass is 451 g/mol. The van der Waals surface area contributed by atoms with E-state index >= 15 is 0 Å². The van der Waals surface area contributed by atoms with Crippen LogP contribution in [0.15, 0.2) is 78.9 Å². The van der Waals surface area contributed by atoms with Crippen molar-refractivity contribution in [1.82, 2.24) is 0 Å². The molecule has 0 N–H and O–H groups in total. The van der Waals surface area contributed by atoms with Gasteiger partial charge in [0.25, 0.3) is 0 Å². The summed E-state index contributed by atoms with van der Waals surface area (Å²) < 4.78 is 0. The minimum atomic E-state index is 1.01. The van der Waals surface area contributed by atoms with E-state index in [4.69, 9.17) is 0 Å². The molecule has 0 bridgehead atoms. The fraction of sp³-hybridized carbons (Fsp3) is 0.438. The van der Waals surface area contributed by atoms with Crippen LogP contribution in [0.25, 0.3) is 22.3 Å². The van der Waals surface area contributed by atoms with Crippen molar-refractivity contribution < 1.29 is 0 Å². The van der Waals surface area contributed by atoms with Crippen molar-refractivity contribution in [2.45, 2.75) is 83.1 Å². The van der Waals surface area contributed by atoms with Crippen molar-refractivity contribution in [2.24, 2.45) is 0 Å². The van der Waals surface area contributed by atoms with E-state index in [9.17, 15) is 0 Å². The topological polar surface area (TPSA) is 3.24 Å². The molecule has 186 valence electrons. The molecule has 0 atom stereocenters. The Labute approximate surface area is 207 Å².